The first-order chi connectivity index (χ1) is 18.7. The van der Waals surface area contributed by atoms with Crippen LogP contribution in [0.1, 0.15) is 48.2 Å². The van der Waals surface area contributed by atoms with Gasteiger partial charge in [0.1, 0.15) is 24.2 Å². The molecule has 3 heterocycles. The van der Waals surface area contributed by atoms with Gasteiger partial charge in [-0.1, -0.05) is 23.7 Å². The zero-order chi connectivity index (χ0) is 27.7. The summed E-state index contributed by atoms with van der Waals surface area (Å²) in [5.41, 5.74) is 2.81. The monoisotopic (exact) mass is 544 g/mol. The Bertz CT molecular complexity index is 1470. The fourth-order valence-electron chi connectivity index (χ4n) is 4.98. The number of aliphatic imine (C=N–C) groups is 1. The van der Waals surface area contributed by atoms with Gasteiger partial charge in [0.2, 0.25) is 5.91 Å². The number of ether oxygens (including phenoxy) is 1. The maximum Gasteiger partial charge on any atom is 0.326 e. The number of carbonyl (C=O) groups is 2. The molecule has 3 amide bonds. The molecule has 1 N–H and O–H groups in total. The molecule has 0 radical (unpaired) electrons. The minimum atomic E-state index is -0.514. The molecule has 0 spiro atoms. The molecule has 3 aromatic rings. The van der Waals surface area contributed by atoms with Crippen molar-refractivity contribution in [2.75, 3.05) is 19.6 Å². The van der Waals surface area contributed by atoms with E-state index < -0.39 is 12.1 Å². The van der Waals surface area contributed by atoms with Crippen molar-refractivity contribution in [2.45, 2.75) is 32.0 Å². The highest BCUT2D eigenvalue weighted by molar-refractivity contribution is 6.30. The van der Waals surface area contributed by atoms with Crippen LogP contribution in [-0.2, 0) is 11.8 Å². The number of amides is 3. The first-order valence-corrected chi connectivity index (χ1v) is 13.1. The Morgan fingerprint density at radius 1 is 1.18 bits per heavy atom. The molecule has 1 fully saturated rings. The van der Waals surface area contributed by atoms with Crippen molar-refractivity contribution in [3.63, 3.8) is 0 Å². The molecule has 1 aromatic heterocycles. The third-order valence-electron chi connectivity index (χ3n) is 6.70. The topological polar surface area (TPSA) is 103 Å². The smallest absolute Gasteiger partial charge is 0.326 e. The molecule has 200 valence electrons. The number of halogens is 1. The summed E-state index contributed by atoms with van der Waals surface area (Å²) in [6, 6.07) is 15.4. The molecule has 0 unspecified atom stereocenters. The normalized spacial score (nSPS) is 19.1. The predicted molar refractivity (Wildman–Crippen MR) is 148 cm³/mol. The zero-order valence-electron chi connectivity index (χ0n) is 22.0. The Balaban J connectivity index is 1.71. The van der Waals surface area contributed by atoms with Crippen LogP contribution in [0.15, 0.2) is 65.9 Å². The SMILES string of the molecule is CC(C)Oc1cc(C#N)ccc1C1=N[C@@H](c2ccn(C)c2)[C@@H](c2ccc(Cl)cc2)N1C(=O)N1CCNC(=O)C1. The second-order valence-corrected chi connectivity index (χ2v) is 10.4. The number of carbonyl (C=O) groups excluding carboxylic acids is 2. The van der Waals surface area contributed by atoms with Gasteiger partial charge < -0.3 is 19.5 Å². The van der Waals surface area contributed by atoms with Crippen LogP contribution in [0.4, 0.5) is 4.79 Å². The Hall–Kier alpha value is -4.29. The van der Waals surface area contributed by atoms with Gasteiger partial charge in [-0.25, -0.2) is 4.79 Å². The van der Waals surface area contributed by atoms with Crippen molar-refractivity contribution in [2.24, 2.45) is 12.0 Å². The van der Waals surface area contributed by atoms with Crippen LogP contribution in [0.2, 0.25) is 5.02 Å². The van der Waals surface area contributed by atoms with E-state index in [4.69, 9.17) is 21.3 Å². The quantitative estimate of drug-likeness (QED) is 0.513. The third kappa shape index (κ3) is 5.33. The summed E-state index contributed by atoms with van der Waals surface area (Å²) < 4.78 is 8.07. The van der Waals surface area contributed by atoms with Crippen LogP contribution in [0.25, 0.3) is 0 Å². The Labute approximate surface area is 232 Å². The van der Waals surface area contributed by atoms with E-state index in [1.165, 1.54) is 4.90 Å². The molecule has 0 saturated carbocycles. The van der Waals surface area contributed by atoms with E-state index in [1.807, 2.05) is 56.1 Å². The Morgan fingerprint density at radius 2 is 1.95 bits per heavy atom. The number of hydrogen-bond acceptors (Lipinski definition) is 5. The van der Waals surface area contributed by atoms with Gasteiger partial charge >= 0.3 is 6.03 Å². The minimum absolute atomic E-state index is 0.0469. The lowest BCUT2D eigenvalue weighted by atomic mass is 9.95. The van der Waals surface area contributed by atoms with Gasteiger partial charge in [-0.05, 0) is 61.4 Å². The molecule has 5 rings (SSSR count). The van der Waals surface area contributed by atoms with Gasteiger partial charge in [-0.15, -0.1) is 0 Å². The van der Waals surface area contributed by atoms with Crippen LogP contribution in [0, 0.1) is 11.3 Å². The summed E-state index contributed by atoms with van der Waals surface area (Å²) in [5.74, 6) is 0.664. The molecule has 1 saturated heterocycles. The van der Waals surface area contributed by atoms with Crippen molar-refractivity contribution < 1.29 is 14.3 Å². The molecule has 2 atom stereocenters. The van der Waals surface area contributed by atoms with Crippen LogP contribution >= 0.6 is 11.6 Å². The zero-order valence-corrected chi connectivity index (χ0v) is 22.7. The molecule has 9 nitrogen and oxygen atoms in total. The number of hydrogen-bond donors (Lipinski definition) is 1. The van der Waals surface area contributed by atoms with Crippen LogP contribution in [-0.4, -0.2) is 57.9 Å². The first kappa shape index (κ1) is 26.3. The number of benzene rings is 2. The van der Waals surface area contributed by atoms with Gasteiger partial charge in [0.05, 0.1) is 29.3 Å². The van der Waals surface area contributed by atoms with Crippen LogP contribution in [0.3, 0.4) is 0 Å². The molecule has 0 bridgehead atoms. The number of amidine groups is 1. The highest BCUT2D eigenvalue weighted by Gasteiger charge is 2.45. The number of nitrogens with zero attached hydrogens (tertiary/aromatic N) is 5. The van der Waals surface area contributed by atoms with Crippen molar-refractivity contribution >= 4 is 29.4 Å². The van der Waals surface area contributed by atoms with Crippen molar-refractivity contribution in [3.8, 4) is 11.8 Å². The van der Waals surface area contributed by atoms with E-state index >= 15 is 0 Å². The number of aryl methyl sites for hydroxylation is 1. The summed E-state index contributed by atoms with van der Waals surface area (Å²) in [6.07, 6.45) is 3.76. The lowest BCUT2D eigenvalue weighted by molar-refractivity contribution is -0.123. The molecule has 10 heteroatoms. The van der Waals surface area contributed by atoms with E-state index in [2.05, 4.69) is 11.4 Å². The predicted octanol–water partition coefficient (Wildman–Crippen LogP) is 4.43. The molecule has 2 aliphatic rings. The highest BCUT2D eigenvalue weighted by atomic mass is 35.5. The summed E-state index contributed by atoms with van der Waals surface area (Å²) in [6.45, 7) is 4.50. The highest BCUT2D eigenvalue weighted by Crippen LogP contribution is 2.45. The maximum absolute atomic E-state index is 14.3. The summed E-state index contributed by atoms with van der Waals surface area (Å²) in [4.78, 5) is 34.9. The lowest BCUT2D eigenvalue weighted by Crippen LogP contribution is -2.55. The number of piperazine rings is 1. The number of rotatable bonds is 5. The summed E-state index contributed by atoms with van der Waals surface area (Å²) >= 11 is 6.23. The van der Waals surface area contributed by atoms with Gasteiger partial charge in [0.25, 0.3) is 0 Å². The average Bonchev–Trinajstić information content (AvgIpc) is 3.52. The molecule has 2 aliphatic heterocycles. The largest absolute Gasteiger partial charge is 0.490 e. The van der Waals surface area contributed by atoms with Gasteiger partial charge in [0, 0.05) is 37.6 Å². The molecule has 2 aromatic carbocycles. The van der Waals surface area contributed by atoms with Crippen LogP contribution in [0.5, 0.6) is 5.75 Å². The number of urea groups is 1. The maximum atomic E-state index is 14.3. The van der Waals surface area contributed by atoms with Gasteiger partial charge in [-0.2, -0.15) is 5.26 Å². The minimum Gasteiger partial charge on any atom is -0.490 e. The van der Waals surface area contributed by atoms with Gasteiger partial charge in [0.15, 0.2) is 0 Å². The molecular formula is C29H29ClN6O3. The fourth-order valence-corrected chi connectivity index (χ4v) is 5.10. The first-order valence-electron chi connectivity index (χ1n) is 12.8. The number of nitriles is 1. The summed E-state index contributed by atoms with van der Waals surface area (Å²) in [7, 11) is 1.94. The second kappa shape index (κ2) is 10.8. The van der Waals surface area contributed by atoms with E-state index in [-0.39, 0.29) is 24.6 Å². The number of aromatic nitrogens is 1. The molecular weight excluding hydrogens is 516 g/mol. The van der Waals surface area contributed by atoms with Crippen molar-refractivity contribution in [1.82, 2.24) is 19.7 Å². The Kier molecular flexibility index (Phi) is 7.31. The lowest BCUT2D eigenvalue weighted by Gasteiger charge is -2.35. The molecule has 39 heavy (non-hydrogen) atoms. The standard InChI is InChI=1S/C29H29ClN6O3/c1-18(2)39-24-14-19(15-31)4-9-23(24)28-33-26(21-10-12-34(3)16-21)27(20-5-7-22(30)8-6-20)36(28)29(38)35-13-11-32-25(37)17-35/h4-10,12,14,16,18,26-27H,11,13,17H2,1-3H3,(H,32,37)/t26-,27+/m0/s1. The van der Waals surface area contributed by atoms with Crippen LogP contribution < -0.4 is 10.1 Å². The van der Waals surface area contributed by atoms with E-state index in [0.29, 0.717) is 40.8 Å². The Morgan fingerprint density at radius 3 is 2.59 bits per heavy atom. The van der Waals surface area contributed by atoms with E-state index in [1.54, 1.807) is 35.2 Å². The fraction of sp³-hybridized carbons (Fsp3) is 0.310. The summed E-state index contributed by atoms with van der Waals surface area (Å²) in [5, 5.41) is 12.9. The van der Waals surface area contributed by atoms with E-state index in [9.17, 15) is 14.9 Å². The van der Waals surface area contributed by atoms with Crippen molar-refractivity contribution in [1.29, 1.82) is 5.26 Å². The van der Waals surface area contributed by atoms with Crippen molar-refractivity contribution in [3.05, 3.63) is 88.2 Å². The van der Waals surface area contributed by atoms with E-state index in [0.717, 1.165) is 11.1 Å². The average molecular weight is 545 g/mol. The van der Waals surface area contributed by atoms with Gasteiger partial charge in [-0.3, -0.25) is 14.7 Å². The third-order valence-corrected chi connectivity index (χ3v) is 6.96. The second-order valence-electron chi connectivity index (χ2n) is 9.92. The number of nitrogens with one attached hydrogen (secondary N) is 1. The molecule has 0 aliphatic carbocycles.